The fraction of sp³-hybridized carbons (Fsp3) is 0.650. The second-order valence-corrected chi connectivity index (χ2v) is 8.25. The van der Waals surface area contributed by atoms with Gasteiger partial charge in [0.2, 0.25) is 5.91 Å². The predicted octanol–water partition coefficient (Wildman–Crippen LogP) is 3.58. The maximum Gasteiger partial charge on any atom is 0.241 e. The van der Waals surface area contributed by atoms with Crippen molar-refractivity contribution in [3.05, 3.63) is 24.3 Å². The lowest BCUT2D eigenvalue weighted by atomic mass is 9.53. The number of anilines is 1. The van der Waals surface area contributed by atoms with E-state index in [0.717, 1.165) is 23.4 Å². The molecule has 0 heterocycles. The first-order valence-electron chi connectivity index (χ1n) is 9.28. The highest BCUT2D eigenvalue weighted by atomic mass is 16.5. The van der Waals surface area contributed by atoms with E-state index in [-0.39, 0.29) is 17.5 Å². The van der Waals surface area contributed by atoms with Gasteiger partial charge in [0.25, 0.3) is 0 Å². The van der Waals surface area contributed by atoms with Crippen LogP contribution in [0.25, 0.3) is 0 Å². The number of amides is 1. The number of rotatable bonds is 5. The highest BCUT2D eigenvalue weighted by molar-refractivity contribution is 5.95. The number of carbonyl (C=O) groups excluding carboxylic acids is 1. The molecule has 1 amide bonds. The Bertz CT molecular complexity index is 593. The summed E-state index contributed by atoms with van der Waals surface area (Å²) in [6.45, 7) is 1.99. The highest BCUT2D eigenvalue weighted by Crippen LogP contribution is 2.55. The van der Waals surface area contributed by atoms with Crippen LogP contribution in [-0.4, -0.2) is 24.6 Å². The molecule has 0 radical (unpaired) electrons. The molecule has 4 bridgehead atoms. The van der Waals surface area contributed by atoms with Crippen LogP contribution in [-0.2, 0) is 4.79 Å². The first-order chi connectivity index (χ1) is 11.6. The summed E-state index contributed by atoms with van der Waals surface area (Å²) in [5, 5.41) is 6.75. The molecule has 4 fully saturated rings. The molecule has 0 saturated heterocycles. The zero-order chi connectivity index (χ0) is 16.7. The largest absolute Gasteiger partial charge is 0.495 e. The smallest absolute Gasteiger partial charge is 0.241 e. The summed E-state index contributed by atoms with van der Waals surface area (Å²) in [7, 11) is 1.63. The SMILES string of the molecule is COc1ccccc1NC(=O)[C@@H](C)NC12CC3CC(CC(C3)C1)C2. The summed E-state index contributed by atoms with van der Waals surface area (Å²) < 4.78 is 5.32. The predicted molar refractivity (Wildman–Crippen MR) is 95.1 cm³/mol. The fourth-order valence-electron chi connectivity index (χ4n) is 5.80. The van der Waals surface area contributed by atoms with E-state index < -0.39 is 0 Å². The van der Waals surface area contributed by atoms with E-state index in [1.807, 2.05) is 31.2 Å². The van der Waals surface area contributed by atoms with Crippen LogP contribution in [0.5, 0.6) is 5.75 Å². The maximum atomic E-state index is 12.7. The highest BCUT2D eigenvalue weighted by Gasteiger charge is 2.51. The van der Waals surface area contributed by atoms with Crippen LogP contribution in [0.2, 0.25) is 0 Å². The summed E-state index contributed by atoms with van der Waals surface area (Å²) in [6, 6.07) is 7.38. The monoisotopic (exact) mass is 328 g/mol. The van der Waals surface area contributed by atoms with E-state index in [9.17, 15) is 4.79 Å². The maximum absolute atomic E-state index is 12.7. The number of carbonyl (C=O) groups is 1. The number of nitrogens with one attached hydrogen (secondary N) is 2. The van der Waals surface area contributed by atoms with Gasteiger partial charge in [0.1, 0.15) is 5.75 Å². The van der Waals surface area contributed by atoms with E-state index in [0.29, 0.717) is 5.75 Å². The van der Waals surface area contributed by atoms with E-state index in [4.69, 9.17) is 4.74 Å². The van der Waals surface area contributed by atoms with Gasteiger partial charge < -0.3 is 15.4 Å². The molecule has 1 aromatic rings. The quantitative estimate of drug-likeness (QED) is 0.868. The van der Waals surface area contributed by atoms with Crippen LogP contribution in [0.4, 0.5) is 5.69 Å². The van der Waals surface area contributed by atoms with Crippen molar-refractivity contribution in [1.29, 1.82) is 0 Å². The minimum atomic E-state index is -0.189. The Morgan fingerprint density at radius 3 is 2.29 bits per heavy atom. The Labute approximate surface area is 144 Å². The summed E-state index contributed by atoms with van der Waals surface area (Å²) >= 11 is 0. The molecule has 4 saturated carbocycles. The average molecular weight is 328 g/mol. The van der Waals surface area contributed by atoms with Gasteiger partial charge in [-0.15, -0.1) is 0 Å². The Hall–Kier alpha value is -1.55. The number of hydrogen-bond donors (Lipinski definition) is 2. The minimum absolute atomic E-state index is 0.0234. The molecular weight excluding hydrogens is 300 g/mol. The molecule has 2 N–H and O–H groups in total. The lowest BCUT2D eigenvalue weighted by molar-refractivity contribution is -0.119. The number of para-hydroxylation sites is 2. The molecule has 130 valence electrons. The Morgan fingerprint density at radius 1 is 1.12 bits per heavy atom. The lowest BCUT2D eigenvalue weighted by Gasteiger charge is -2.57. The third kappa shape index (κ3) is 2.92. The molecule has 1 aromatic carbocycles. The molecular formula is C20H28N2O2. The molecule has 0 aliphatic heterocycles. The van der Waals surface area contributed by atoms with Gasteiger partial charge in [0.15, 0.2) is 0 Å². The van der Waals surface area contributed by atoms with Crippen LogP contribution in [0.1, 0.15) is 45.4 Å². The van der Waals surface area contributed by atoms with Crippen molar-refractivity contribution in [2.75, 3.05) is 12.4 Å². The van der Waals surface area contributed by atoms with E-state index in [1.165, 1.54) is 38.5 Å². The van der Waals surface area contributed by atoms with Crippen LogP contribution in [0, 0.1) is 17.8 Å². The third-order valence-electron chi connectivity index (χ3n) is 6.32. The molecule has 4 aliphatic carbocycles. The van der Waals surface area contributed by atoms with Gasteiger partial charge in [-0.2, -0.15) is 0 Å². The molecule has 0 spiro atoms. The Kier molecular flexibility index (Phi) is 4.03. The number of methoxy groups -OCH3 is 1. The Morgan fingerprint density at radius 2 is 1.71 bits per heavy atom. The molecule has 0 unspecified atom stereocenters. The molecule has 0 aromatic heterocycles. The van der Waals surface area contributed by atoms with Gasteiger partial charge in [0, 0.05) is 5.54 Å². The van der Waals surface area contributed by atoms with Crippen LogP contribution >= 0.6 is 0 Å². The molecule has 5 rings (SSSR count). The van der Waals surface area contributed by atoms with Crippen LogP contribution in [0.3, 0.4) is 0 Å². The van der Waals surface area contributed by atoms with Crippen LogP contribution < -0.4 is 15.4 Å². The number of benzene rings is 1. The van der Waals surface area contributed by atoms with Gasteiger partial charge in [-0.25, -0.2) is 0 Å². The molecule has 1 atom stereocenters. The van der Waals surface area contributed by atoms with Gasteiger partial charge in [-0.05, 0) is 75.3 Å². The standard InChI is InChI=1S/C20H28N2O2/c1-13(19(23)21-17-5-3-4-6-18(17)24-2)22-20-10-14-7-15(11-20)9-16(8-14)12-20/h3-6,13-16,22H,7-12H2,1-2H3,(H,21,23)/t13-,14?,15?,16?,20?/m1/s1. The molecule has 24 heavy (non-hydrogen) atoms. The normalized spacial score (nSPS) is 34.8. The summed E-state index contributed by atoms with van der Waals surface area (Å²) in [5.41, 5.74) is 0.941. The van der Waals surface area contributed by atoms with Crippen LogP contribution in [0.15, 0.2) is 24.3 Å². The van der Waals surface area contributed by atoms with Crippen molar-refractivity contribution in [2.24, 2.45) is 17.8 Å². The van der Waals surface area contributed by atoms with E-state index in [1.54, 1.807) is 7.11 Å². The first-order valence-corrected chi connectivity index (χ1v) is 9.28. The van der Waals surface area contributed by atoms with Crippen molar-refractivity contribution < 1.29 is 9.53 Å². The third-order valence-corrected chi connectivity index (χ3v) is 6.32. The second kappa shape index (κ2) is 6.07. The number of ether oxygens (including phenoxy) is 1. The van der Waals surface area contributed by atoms with Crippen molar-refractivity contribution in [3.63, 3.8) is 0 Å². The molecule has 4 nitrogen and oxygen atoms in total. The molecule has 4 aliphatic rings. The van der Waals surface area contributed by atoms with E-state index >= 15 is 0 Å². The van der Waals surface area contributed by atoms with E-state index in [2.05, 4.69) is 10.6 Å². The first kappa shape index (κ1) is 15.9. The fourth-order valence-corrected chi connectivity index (χ4v) is 5.80. The van der Waals surface area contributed by atoms with Crippen molar-refractivity contribution in [1.82, 2.24) is 5.32 Å². The zero-order valence-electron chi connectivity index (χ0n) is 14.7. The van der Waals surface area contributed by atoms with Gasteiger partial charge in [-0.3, -0.25) is 4.79 Å². The summed E-state index contributed by atoms with van der Waals surface area (Å²) in [5.74, 6) is 3.37. The second-order valence-electron chi connectivity index (χ2n) is 8.25. The lowest BCUT2D eigenvalue weighted by Crippen LogP contribution is -2.62. The van der Waals surface area contributed by atoms with Gasteiger partial charge >= 0.3 is 0 Å². The van der Waals surface area contributed by atoms with Gasteiger partial charge in [-0.1, -0.05) is 12.1 Å². The van der Waals surface area contributed by atoms with Crippen molar-refractivity contribution >= 4 is 11.6 Å². The van der Waals surface area contributed by atoms with Crippen molar-refractivity contribution in [3.8, 4) is 5.75 Å². The number of hydrogen-bond acceptors (Lipinski definition) is 3. The van der Waals surface area contributed by atoms with Gasteiger partial charge in [0.05, 0.1) is 18.8 Å². The summed E-state index contributed by atoms with van der Waals surface area (Å²) in [4.78, 5) is 12.7. The molecule has 4 heteroatoms. The summed E-state index contributed by atoms with van der Waals surface area (Å²) in [6.07, 6.45) is 8.02. The topological polar surface area (TPSA) is 50.4 Å². The zero-order valence-corrected chi connectivity index (χ0v) is 14.7. The average Bonchev–Trinajstić information content (AvgIpc) is 2.53. The Balaban J connectivity index is 1.42. The minimum Gasteiger partial charge on any atom is -0.495 e. The van der Waals surface area contributed by atoms with Crippen molar-refractivity contribution in [2.45, 2.75) is 57.0 Å².